The monoisotopic (exact) mass is 427 g/mol. The Labute approximate surface area is 182 Å². The van der Waals surface area contributed by atoms with Crippen molar-refractivity contribution in [2.24, 2.45) is 0 Å². The smallest absolute Gasteiger partial charge is 0.343 e. The SMILES string of the molecule is O=C(O[C@@H](C(=O)c1ccccc1)c1ccc([N+](=O)[O-])cc1)c1cc2ccccc2cc1O. The molecule has 1 atom stereocenters. The molecule has 0 heterocycles. The molecule has 4 aromatic carbocycles. The van der Waals surface area contributed by atoms with Crippen molar-refractivity contribution >= 4 is 28.2 Å². The molecule has 0 fully saturated rings. The van der Waals surface area contributed by atoms with Gasteiger partial charge in [-0.15, -0.1) is 0 Å². The molecule has 7 nitrogen and oxygen atoms in total. The zero-order valence-corrected chi connectivity index (χ0v) is 16.7. The van der Waals surface area contributed by atoms with Gasteiger partial charge in [0.25, 0.3) is 5.69 Å². The van der Waals surface area contributed by atoms with Crippen molar-refractivity contribution in [3.05, 3.63) is 118 Å². The van der Waals surface area contributed by atoms with Gasteiger partial charge in [0.1, 0.15) is 11.3 Å². The van der Waals surface area contributed by atoms with Crippen molar-refractivity contribution < 1.29 is 24.4 Å². The number of rotatable bonds is 6. The molecule has 4 rings (SSSR count). The summed E-state index contributed by atoms with van der Waals surface area (Å²) in [4.78, 5) is 36.5. The number of ether oxygens (including phenoxy) is 1. The molecule has 32 heavy (non-hydrogen) atoms. The minimum Gasteiger partial charge on any atom is -0.507 e. The highest BCUT2D eigenvalue weighted by Gasteiger charge is 2.28. The molecule has 0 saturated carbocycles. The van der Waals surface area contributed by atoms with E-state index in [1.54, 1.807) is 48.5 Å². The molecule has 0 aliphatic carbocycles. The Balaban J connectivity index is 1.71. The van der Waals surface area contributed by atoms with Crippen LogP contribution in [0.4, 0.5) is 5.69 Å². The van der Waals surface area contributed by atoms with Crippen LogP contribution in [-0.2, 0) is 4.74 Å². The summed E-state index contributed by atoms with van der Waals surface area (Å²) in [5.74, 6) is -1.66. The molecule has 0 unspecified atom stereocenters. The highest BCUT2D eigenvalue weighted by atomic mass is 16.6. The first-order valence-electron chi connectivity index (χ1n) is 9.70. The normalized spacial score (nSPS) is 11.6. The lowest BCUT2D eigenvalue weighted by atomic mass is 9.99. The quantitative estimate of drug-likeness (QED) is 0.195. The third-order valence-electron chi connectivity index (χ3n) is 5.01. The van der Waals surface area contributed by atoms with E-state index < -0.39 is 22.8 Å². The predicted octanol–water partition coefficient (Wildman–Crippen LogP) is 5.23. The number of nitro groups is 1. The van der Waals surface area contributed by atoms with Gasteiger partial charge in [-0.2, -0.15) is 0 Å². The fourth-order valence-corrected chi connectivity index (χ4v) is 3.36. The van der Waals surface area contributed by atoms with Crippen LogP contribution in [0.25, 0.3) is 10.8 Å². The van der Waals surface area contributed by atoms with Crippen molar-refractivity contribution in [2.75, 3.05) is 0 Å². The van der Waals surface area contributed by atoms with Gasteiger partial charge in [-0.25, -0.2) is 4.79 Å². The summed E-state index contributed by atoms with van der Waals surface area (Å²) in [5, 5.41) is 22.8. The van der Waals surface area contributed by atoms with Crippen LogP contribution in [0.2, 0.25) is 0 Å². The summed E-state index contributed by atoms with van der Waals surface area (Å²) in [6.45, 7) is 0. The van der Waals surface area contributed by atoms with Crippen LogP contribution in [-0.4, -0.2) is 21.8 Å². The first-order valence-corrected chi connectivity index (χ1v) is 9.70. The number of nitrogens with zero attached hydrogens (tertiary/aromatic N) is 1. The van der Waals surface area contributed by atoms with Gasteiger partial charge in [0.15, 0.2) is 6.10 Å². The van der Waals surface area contributed by atoms with Gasteiger partial charge in [-0.1, -0.05) is 54.6 Å². The molecule has 0 aliphatic heterocycles. The second kappa shape index (κ2) is 8.69. The molecule has 0 radical (unpaired) electrons. The number of hydrogen-bond donors (Lipinski definition) is 1. The maximum Gasteiger partial charge on any atom is 0.343 e. The fourth-order valence-electron chi connectivity index (χ4n) is 3.36. The van der Waals surface area contributed by atoms with E-state index in [4.69, 9.17) is 4.74 Å². The largest absolute Gasteiger partial charge is 0.507 e. The highest BCUT2D eigenvalue weighted by Crippen LogP contribution is 2.30. The molecule has 158 valence electrons. The van der Waals surface area contributed by atoms with Crippen molar-refractivity contribution in [3.8, 4) is 5.75 Å². The van der Waals surface area contributed by atoms with E-state index in [1.165, 1.54) is 36.4 Å². The number of nitro benzene ring substituents is 1. The molecule has 0 aromatic heterocycles. The molecular weight excluding hydrogens is 410 g/mol. The summed E-state index contributed by atoms with van der Waals surface area (Å²) in [7, 11) is 0. The Kier molecular flexibility index (Phi) is 5.63. The van der Waals surface area contributed by atoms with Crippen LogP contribution in [0, 0.1) is 10.1 Å². The van der Waals surface area contributed by atoms with Gasteiger partial charge in [-0.05, 0) is 35.0 Å². The molecule has 0 bridgehead atoms. The third kappa shape index (κ3) is 4.17. The minimum atomic E-state index is -1.35. The second-order valence-electron chi connectivity index (χ2n) is 7.08. The first-order chi connectivity index (χ1) is 15.4. The van der Waals surface area contributed by atoms with Crippen LogP contribution in [0.1, 0.15) is 32.4 Å². The Morgan fingerprint density at radius 3 is 2.06 bits per heavy atom. The van der Waals surface area contributed by atoms with E-state index in [2.05, 4.69) is 0 Å². The average Bonchev–Trinajstić information content (AvgIpc) is 2.82. The molecule has 0 spiro atoms. The van der Waals surface area contributed by atoms with Gasteiger partial charge in [-0.3, -0.25) is 14.9 Å². The molecule has 7 heteroatoms. The van der Waals surface area contributed by atoms with E-state index in [1.807, 2.05) is 6.07 Å². The van der Waals surface area contributed by atoms with Crippen molar-refractivity contribution in [3.63, 3.8) is 0 Å². The van der Waals surface area contributed by atoms with Gasteiger partial charge in [0.2, 0.25) is 5.78 Å². The Bertz CT molecular complexity index is 1320. The van der Waals surface area contributed by atoms with Crippen molar-refractivity contribution in [1.29, 1.82) is 0 Å². The number of hydrogen-bond acceptors (Lipinski definition) is 6. The zero-order valence-electron chi connectivity index (χ0n) is 16.7. The molecule has 1 N–H and O–H groups in total. The first kappa shape index (κ1) is 20.7. The summed E-state index contributed by atoms with van der Waals surface area (Å²) in [6, 6.07) is 23.6. The number of esters is 1. The fraction of sp³-hybridized carbons (Fsp3) is 0.0400. The average molecular weight is 427 g/mol. The lowest BCUT2D eigenvalue weighted by Crippen LogP contribution is -2.20. The van der Waals surface area contributed by atoms with Gasteiger partial charge in [0.05, 0.1) is 4.92 Å². The summed E-state index contributed by atoms with van der Waals surface area (Å²) in [5.41, 5.74) is 0.346. The third-order valence-corrected chi connectivity index (χ3v) is 5.01. The number of fused-ring (bicyclic) bond motifs is 1. The number of carbonyl (C=O) groups excluding carboxylic acids is 2. The van der Waals surface area contributed by atoms with Crippen LogP contribution in [0.5, 0.6) is 5.75 Å². The van der Waals surface area contributed by atoms with E-state index in [-0.39, 0.29) is 22.6 Å². The molecule has 0 amide bonds. The Morgan fingerprint density at radius 2 is 1.44 bits per heavy atom. The van der Waals surface area contributed by atoms with E-state index in [9.17, 15) is 24.8 Å². The number of benzene rings is 4. The number of aromatic hydroxyl groups is 1. The van der Waals surface area contributed by atoms with E-state index in [0.717, 1.165) is 10.8 Å². The van der Waals surface area contributed by atoms with E-state index in [0.29, 0.717) is 5.56 Å². The number of non-ortho nitro benzene ring substituents is 1. The van der Waals surface area contributed by atoms with Crippen molar-refractivity contribution in [2.45, 2.75) is 6.10 Å². The minimum absolute atomic E-state index is 0.0866. The molecular formula is C25H17NO6. The van der Waals surface area contributed by atoms with Crippen LogP contribution < -0.4 is 0 Å². The van der Waals surface area contributed by atoms with Crippen LogP contribution >= 0.6 is 0 Å². The van der Waals surface area contributed by atoms with Crippen LogP contribution in [0.15, 0.2) is 91.0 Å². The Morgan fingerprint density at radius 1 is 0.844 bits per heavy atom. The lowest BCUT2D eigenvalue weighted by Gasteiger charge is -2.18. The molecule has 4 aromatic rings. The zero-order chi connectivity index (χ0) is 22.7. The number of ketones is 1. The molecule has 0 saturated heterocycles. The van der Waals surface area contributed by atoms with Gasteiger partial charge < -0.3 is 9.84 Å². The van der Waals surface area contributed by atoms with E-state index >= 15 is 0 Å². The summed E-state index contributed by atoms with van der Waals surface area (Å²) >= 11 is 0. The second-order valence-corrected chi connectivity index (χ2v) is 7.08. The van der Waals surface area contributed by atoms with Gasteiger partial charge >= 0.3 is 5.97 Å². The maximum atomic E-state index is 13.2. The van der Waals surface area contributed by atoms with Crippen molar-refractivity contribution in [1.82, 2.24) is 0 Å². The summed E-state index contributed by atoms with van der Waals surface area (Å²) < 4.78 is 5.55. The number of Topliss-reactive ketones (excluding diaryl/α,β-unsaturated/α-hetero) is 1. The molecule has 0 aliphatic rings. The number of phenolic OH excluding ortho intramolecular Hbond substituents is 1. The maximum absolute atomic E-state index is 13.2. The van der Waals surface area contributed by atoms with Gasteiger partial charge in [0, 0.05) is 23.3 Å². The topological polar surface area (TPSA) is 107 Å². The number of phenols is 1. The highest BCUT2D eigenvalue weighted by molar-refractivity contribution is 6.03. The standard InChI is InChI=1S/C25H17NO6/c27-22-15-19-9-5-4-8-18(19)14-21(22)25(29)32-24(23(28)16-6-2-1-3-7-16)17-10-12-20(13-11-17)26(30)31/h1-15,24,27H/t24-/m1/s1. The summed E-state index contributed by atoms with van der Waals surface area (Å²) in [6.07, 6.45) is -1.35. The number of carbonyl (C=O) groups is 2. The lowest BCUT2D eigenvalue weighted by molar-refractivity contribution is -0.384. The predicted molar refractivity (Wildman–Crippen MR) is 118 cm³/mol. The van der Waals surface area contributed by atoms with Crippen LogP contribution in [0.3, 0.4) is 0 Å². The Hall–Kier alpha value is -4.52.